The third-order valence-corrected chi connectivity index (χ3v) is 9.79. The number of aromatic nitrogens is 8. The number of benzene rings is 3. The molecule has 0 spiro atoms. The Hall–Kier alpha value is -7.33. The number of rotatable bonds is 8. The van der Waals surface area contributed by atoms with Crippen LogP contribution in [0.1, 0.15) is 22.3 Å². The molecule has 10 nitrogen and oxygen atoms in total. The molecule has 10 heteroatoms. The highest BCUT2D eigenvalue weighted by Crippen LogP contribution is 2.35. The van der Waals surface area contributed by atoms with Crippen LogP contribution in [-0.2, 0) is 0 Å². The number of pyridine rings is 4. The summed E-state index contributed by atoms with van der Waals surface area (Å²) in [4.78, 5) is 37.0. The summed E-state index contributed by atoms with van der Waals surface area (Å²) in [5, 5.41) is 0. The molecular formula is C45H36N10. The Labute approximate surface area is 318 Å². The van der Waals surface area contributed by atoms with E-state index in [1.54, 1.807) is 18.6 Å². The van der Waals surface area contributed by atoms with E-state index in [0.717, 1.165) is 73.0 Å². The van der Waals surface area contributed by atoms with Crippen LogP contribution >= 0.6 is 0 Å². The lowest BCUT2D eigenvalue weighted by molar-refractivity contribution is 1.04. The largest absolute Gasteiger partial charge is 0.329 e. The van der Waals surface area contributed by atoms with Gasteiger partial charge in [-0.15, -0.1) is 0 Å². The second kappa shape index (κ2) is 13.9. The zero-order valence-corrected chi connectivity index (χ0v) is 30.8. The Bertz CT molecular complexity index is 2760. The lowest BCUT2D eigenvalue weighted by Crippen LogP contribution is -2.14. The van der Waals surface area contributed by atoms with Crippen molar-refractivity contribution in [2.45, 2.75) is 20.8 Å². The number of hydrogen-bond donors (Lipinski definition) is 0. The van der Waals surface area contributed by atoms with Gasteiger partial charge in [0, 0.05) is 48.7 Å². The fourth-order valence-corrected chi connectivity index (χ4v) is 7.08. The number of aliphatic imine (C=N–C) groups is 1. The van der Waals surface area contributed by atoms with Crippen molar-refractivity contribution in [3.63, 3.8) is 0 Å². The molecule has 0 saturated carbocycles. The molecule has 6 heterocycles. The fourth-order valence-electron chi connectivity index (χ4n) is 7.08. The molecule has 6 aromatic heterocycles. The van der Waals surface area contributed by atoms with E-state index in [2.05, 4.69) is 71.2 Å². The van der Waals surface area contributed by atoms with E-state index in [0.29, 0.717) is 23.2 Å². The number of hydrogen-bond acceptors (Lipinski definition) is 8. The van der Waals surface area contributed by atoms with E-state index >= 15 is 0 Å². The molecule has 0 saturated heterocycles. The maximum Gasteiger partial charge on any atom is 0.165 e. The Balaban J connectivity index is 1.28. The van der Waals surface area contributed by atoms with Crippen LogP contribution in [0.2, 0.25) is 0 Å². The van der Waals surface area contributed by atoms with Gasteiger partial charge in [-0.25, -0.2) is 34.9 Å². The van der Waals surface area contributed by atoms with Crippen LogP contribution in [0.5, 0.6) is 0 Å². The molecule has 0 aliphatic heterocycles. The molecule has 0 aliphatic carbocycles. The summed E-state index contributed by atoms with van der Waals surface area (Å²) < 4.78 is 4.19. The van der Waals surface area contributed by atoms with E-state index in [4.69, 9.17) is 34.9 Å². The molecule has 55 heavy (non-hydrogen) atoms. The Morgan fingerprint density at radius 3 is 1.78 bits per heavy atom. The van der Waals surface area contributed by atoms with Crippen molar-refractivity contribution in [1.82, 2.24) is 39.0 Å². The molecular weight excluding hydrogens is 681 g/mol. The highest BCUT2D eigenvalue weighted by atomic mass is 15.2. The molecule has 266 valence electrons. The van der Waals surface area contributed by atoms with Gasteiger partial charge in [0.15, 0.2) is 22.9 Å². The van der Waals surface area contributed by atoms with Crippen LogP contribution in [0.4, 0.5) is 17.3 Å². The summed E-state index contributed by atoms with van der Waals surface area (Å²) in [5.41, 5.74) is 11.6. The monoisotopic (exact) mass is 716 g/mol. The Kier molecular flexibility index (Phi) is 8.47. The molecule has 9 aromatic rings. The predicted molar refractivity (Wildman–Crippen MR) is 220 cm³/mol. The number of fused-ring (bicyclic) bond motifs is 2. The molecule has 0 radical (unpaired) electrons. The SMILES string of the molecule is Cc1ccccc1N(C)c1ncccc1C=Nc1cc(-c2nc3cccnc3n2-c2ccccc2C)cc(-c2nc3cccnc3n2-c2ccccc2C)n1. The van der Waals surface area contributed by atoms with Gasteiger partial charge in [0.05, 0.1) is 11.4 Å². The second-order valence-electron chi connectivity index (χ2n) is 13.4. The van der Waals surface area contributed by atoms with E-state index in [9.17, 15) is 0 Å². The third-order valence-electron chi connectivity index (χ3n) is 9.79. The summed E-state index contributed by atoms with van der Waals surface area (Å²) >= 11 is 0. The molecule has 0 amide bonds. The number of anilines is 2. The van der Waals surface area contributed by atoms with Crippen molar-refractivity contribution in [2.75, 3.05) is 11.9 Å². The lowest BCUT2D eigenvalue weighted by Gasteiger charge is -2.21. The Morgan fingerprint density at radius 1 is 0.564 bits per heavy atom. The molecule has 0 bridgehead atoms. The van der Waals surface area contributed by atoms with Crippen LogP contribution in [0, 0.1) is 20.8 Å². The zero-order chi connectivity index (χ0) is 37.5. The number of para-hydroxylation sites is 3. The number of imidazole rings is 2. The highest BCUT2D eigenvalue weighted by molar-refractivity contribution is 5.90. The highest BCUT2D eigenvalue weighted by Gasteiger charge is 2.22. The maximum absolute atomic E-state index is 5.18. The number of nitrogens with zero attached hydrogens (tertiary/aromatic N) is 10. The first-order valence-corrected chi connectivity index (χ1v) is 18.0. The van der Waals surface area contributed by atoms with Gasteiger partial charge >= 0.3 is 0 Å². The summed E-state index contributed by atoms with van der Waals surface area (Å²) in [6, 6.07) is 40.4. The average Bonchev–Trinajstić information content (AvgIpc) is 3.80. The van der Waals surface area contributed by atoms with Gasteiger partial charge in [0.2, 0.25) is 0 Å². The topological polar surface area (TPSA) is 103 Å². The molecule has 9 rings (SSSR count). The summed E-state index contributed by atoms with van der Waals surface area (Å²) in [7, 11) is 2.02. The van der Waals surface area contributed by atoms with Gasteiger partial charge < -0.3 is 4.90 Å². The molecule has 0 N–H and O–H groups in total. The van der Waals surface area contributed by atoms with E-state index in [1.807, 2.05) is 98.2 Å². The minimum atomic E-state index is 0.480. The van der Waals surface area contributed by atoms with Gasteiger partial charge in [-0.1, -0.05) is 54.6 Å². The van der Waals surface area contributed by atoms with Gasteiger partial charge in [-0.3, -0.25) is 9.13 Å². The summed E-state index contributed by atoms with van der Waals surface area (Å²) in [6.45, 7) is 6.28. The molecule has 0 fully saturated rings. The average molecular weight is 717 g/mol. The smallest absolute Gasteiger partial charge is 0.165 e. The van der Waals surface area contributed by atoms with Crippen LogP contribution in [0.25, 0.3) is 56.6 Å². The van der Waals surface area contributed by atoms with Crippen molar-refractivity contribution >= 4 is 45.9 Å². The van der Waals surface area contributed by atoms with E-state index < -0.39 is 0 Å². The zero-order valence-electron chi connectivity index (χ0n) is 30.8. The molecule has 0 aliphatic rings. The second-order valence-corrected chi connectivity index (χ2v) is 13.4. The van der Waals surface area contributed by atoms with Crippen LogP contribution in [0.3, 0.4) is 0 Å². The lowest BCUT2D eigenvalue weighted by atomic mass is 10.1. The summed E-state index contributed by atoms with van der Waals surface area (Å²) in [6.07, 6.45) is 7.21. The van der Waals surface area contributed by atoms with Gasteiger partial charge in [-0.05, 0) is 104 Å². The quantitative estimate of drug-likeness (QED) is 0.144. The van der Waals surface area contributed by atoms with Crippen LogP contribution in [-0.4, -0.2) is 52.3 Å². The first-order valence-electron chi connectivity index (χ1n) is 18.0. The van der Waals surface area contributed by atoms with Crippen molar-refractivity contribution in [3.8, 4) is 34.3 Å². The van der Waals surface area contributed by atoms with Crippen LogP contribution in [0.15, 0.2) is 145 Å². The minimum Gasteiger partial charge on any atom is -0.329 e. The standard InChI is InChI=1S/C45H36N10/c1-29-14-5-8-20-37(29)53(4)41-32(17-11-23-46-41)28-49-40-27-33(42-51-34-18-12-24-47-43(34)54(42)38-21-9-6-15-30(38)2)26-36(50-40)45-52-35-19-13-25-48-44(35)55(45)39-22-10-7-16-31(39)3/h5-28H,1-4H3. The van der Waals surface area contributed by atoms with Crippen molar-refractivity contribution in [2.24, 2.45) is 4.99 Å². The molecule has 3 aromatic carbocycles. The van der Waals surface area contributed by atoms with E-state index in [-0.39, 0.29) is 0 Å². The molecule has 0 atom stereocenters. The molecule has 0 unspecified atom stereocenters. The van der Waals surface area contributed by atoms with Crippen LogP contribution < -0.4 is 4.90 Å². The minimum absolute atomic E-state index is 0.480. The van der Waals surface area contributed by atoms with Crippen molar-refractivity contribution in [1.29, 1.82) is 0 Å². The maximum atomic E-state index is 5.18. The van der Waals surface area contributed by atoms with Gasteiger partial charge in [0.1, 0.15) is 28.4 Å². The van der Waals surface area contributed by atoms with Gasteiger partial charge in [0.25, 0.3) is 0 Å². The normalized spacial score (nSPS) is 11.6. The first kappa shape index (κ1) is 33.5. The Morgan fingerprint density at radius 2 is 1.13 bits per heavy atom. The van der Waals surface area contributed by atoms with E-state index in [1.165, 1.54) is 0 Å². The van der Waals surface area contributed by atoms with Crippen molar-refractivity contribution < 1.29 is 0 Å². The number of aryl methyl sites for hydroxylation is 3. The van der Waals surface area contributed by atoms with Gasteiger partial charge in [-0.2, -0.15) is 0 Å². The predicted octanol–water partition coefficient (Wildman–Crippen LogP) is 9.72. The third kappa shape index (κ3) is 6.09. The fraction of sp³-hybridized carbons (Fsp3) is 0.0889. The first-order chi connectivity index (χ1) is 26.9. The van der Waals surface area contributed by atoms with Crippen molar-refractivity contribution in [3.05, 3.63) is 162 Å². The summed E-state index contributed by atoms with van der Waals surface area (Å²) in [5.74, 6) is 2.60.